The van der Waals surface area contributed by atoms with Crippen LogP contribution in [0.3, 0.4) is 0 Å². The molecule has 0 aliphatic carbocycles. The maximum absolute atomic E-state index is 11.7. The lowest BCUT2D eigenvalue weighted by molar-refractivity contribution is -0.123. The molecule has 0 aliphatic heterocycles. The second-order valence-electron chi connectivity index (χ2n) is 5.43. The van der Waals surface area contributed by atoms with E-state index in [1.807, 2.05) is 26.8 Å². The predicted molar refractivity (Wildman–Crippen MR) is 84.7 cm³/mol. The van der Waals surface area contributed by atoms with Gasteiger partial charge in [-0.2, -0.15) is 0 Å². The zero-order valence-corrected chi connectivity index (χ0v) is 13.4. The van der Waals surface area contributed by atoms with E-state index in [-0.39, 0.29) is 19.1 Å². The highest BCUT2D eigenvalue weighted by atomic mass is 16.5. The molecule has 2 N–H and O–H groups in total. The number of amides is 1. The molecule has 0 aromatic heterocycles. The van der Waals surface area contributed by atoms with Crippen LogP contribution in [0.4, 0.5) is 0 Å². The standard InChI is InChI=1S/C17H27NO3/c1-13-8-9-14(2)17(15(13)3)21-12-16(20)18-10-6-4-5-7-11-19/h8-9,19H,4-7,10-12H2,1-3H3,(H,18,20). The van der Waals surface area contributed by atoms with Crippen molar-refractivity contribution in [2.75, 3.05) is 19.8 Å². The van der Waals surface area contributed by atoms with E-state index in [1.165, 1.54) is 5.56 Å². The summed E-state index contributed by atoms with van der Waals surface area (Å²) in [6.45, 7) is 7.00. The number of aryl methyl sites for hydroxylation is 2. The van der Waals surface area contributed by atoms with Crippen molar-refractivity contribution in [3.63, 3.8) is 0 Å². The molecule has 118 valence electrons. The van der Waals surface area contributed by atoms with Crippen LogP contribution in [0.2, 0.25) is 0 Å². The van der Waals surface area contributed by atoms with E-state index in [9.17, 15) is 4.79 Å². The normalized spacial score (nSPS) is 10.5. The van der Waals surface area contributed by atoms with Gasteiger partial charge in [-0.15, -0.1) is 0 Å². The summed E-state index contributed by atoms with van der Waals surface area (Å²) in [6.07, 6.45) is 3.81. The lowest BCUT2D eigenvalue weighted by Gasteiger charge is -2.13. The van der Waals surface area contributed by atoms with Gasteiger partial charge in [0, 0.05) is 13.2 Å². The van der Waals surface area contributed by atoms with E-state index in [0.29, 0.717) is 6.54 Å². The number of carbonyl (C=O) groups is 1. The highest BCUT2D eigenvalue weighted by Gasteiger charge is 2.08. The Bertz CT molecular complexity index is 458. The van der Waals surface area contributed by atoms with Gasteiger partial charge in [-0.1, -0.05) is 25.0 Å². The molecule has 1 rings (SSSR count). The molecule has 0 saturated heterocycles. The van der Waals surface area contributed by atoms with Crippen LogP contribution < -0.4 is 10.1 Å². The van der Waals surface area contributed by atoms with Crippen molar-refractivity contribution in [2.45, 2.75) is 46.5 Å². The Balaban J connectivity index is 2.29. The number of ether oxygens (including phenoxy) is 1. The summed E-state index contributed by atoms with van der Waals surface area (Å²) >= 11 is 0. The Labute approximate surface area is 127 Å². The molecule has 1 amide bonds. The molecule has 1 aromatic rings. The Morgan fingerprint density at radius 1 is 1.10 bits per heavy atom. The van der Waals surface area contributed by atoms with Crippen molar-refractivity contribution >= 4 is 5.91 Å². The van der Waals surface area contributed by atoms with Gasteiger partial charge in [-0.25, -0.2) is 0 Å². The first-order chi connectivity index (χ1) is 10.1. The molecule has 0 atom stereocenters. The fraction of sp³-hybridized carbons (Fsp3) is 0.588. The number of benzene rings is 1. The third-order valence-corrected chi connectivity index (χ3v) is 3.63. The molecular formula is C17H27NO3. The average molecular weight is 293 g/mol. The quantitative estimate of drug-likeness (QED) is 0.688. The number of aliphatic hydroxyl groups is 1. The molecule has 21 heavy (non-hydrogen) atoms. The lowest BCUT2D eigenvalue weighted by Crippen LogP contribution is -2.29. The first kappa shape index (κ1) is 17.5. The van der Waals surface area contributed by atoms with Crippen molar-refractivity contribution in [3.05, 3.63) is 28.8 Å². The molecule has 0 unspecified atom stereocenters. The van der Waals surface area contributed by atoms with E-state index in [2.05, 4.69) is 11.4 Å². The third kappa shape index (κ3) is 6.17. The van der Waals surface area contributed by atoms with Crippen molar-refractivity contribution < 1.29 is 14.6 Å². The number of unbranched alkanes of at least 4 members (excludes halogenated alkanes) is 3. The van der Waals surface area contributed by atoms with Crippen LogP contribution in [-0.2, 0) is 4.79 Å². The number of hydrogen-bond acceptors (Lipinski definition) is 3. The third-order valence-electron chi connectivity index (χ3n) is 3.63. The van der Waals surface area contributed by atoms with Crippen molar-refractivity contribution in [1.82, 2.24) is 5.32 Å². The molecule has 4 nitrogen and oxygen atoms in total. The minimum Gasteiger partial charge on any atom is -0.483 e. The molecular weight excluding hydrogens is 266 g/mol. The van der Waals surface area contributed by atoms with Gasteiger partial charge in [0.15, 0.2) is 6.61 Å². The smallest absolute Gasteiger partial charge is 0.257 e. The van der Waals surface area contributed by atoms with Crippen LogP contribution in [0.5, 0.6) is 5.75 Å². The summed E-state index contributed by atoms with van der Waals surface area (Å²) in [5, 5.41) is 11.5. The van der Waals surface area contributed by atoms with Crippen molar-refractivity contribution in [1.29, 1.82) is 0 Å². The SMILES string of the molecule is Cc1ccc(C)c(OCC(=O)NCCCCCCO)c1C. The van der Waals surface area contributed by atoms with E-state index in [1.54, 1.807) is 0 Å². The highest BCUT2D eigenvalue weighted by molar-refractivity contribution is 5.77. The molecule has 0 heterocycles. The Kier molecular flexibility index (Phi) is 7.83. The number of rotatable bonds is 9. The number of carbonyl (C=O) groups excluding carboxylic acids is 1. The largest absolute Gasteiger partial charge is 0.483 e. The van der Waals surface area contributed by atoms with Gasteiger partial charge in [0.05, 0.1) is 0 Å². The molecule has 0 aliphatic rings. The highest BCUT2D eigenvalue weighted by Crippen LogP contribution is 2.25. The van der Waals surface area contributed by atoms with Crippen LogP contribution >= 0.6 is 0 Å². The van der Waals surface area contributed by atoms with Crippen LogP contribution in [0, 0.1) is 20.8 Å². The van der Waals surface area contributed by atoms with Gasteiger partial charge in [0.25, 0.3) is 5.91 Å². The minimum absolute atomic E-state index is 0.0573. The van der Waals surface area contributed by atoms with Crippen LogP contribution in [0.1, 0.15) is 42.4 Å². The summed E-state index contributed by atoms with van der Waals surface area (Å²) in [5.41, 5.74) is 3.31. The fourth-order valence-corrected chi connectivity index (χ4v) is 2.15. The summed E-state index contributed by atoms with van der Waals surface area (Å²) in [4.78, 5) is 11.7. The van der Waals surface area contributed by atoms with Gasteiger partial charge < -0.3 is 15.2 Å². The summed E-state index contributed by atoms with van der Waals surface area (Å²) in [7, 11) is 0. The molecule has 0 bridgehead atoms. The maximum Gasteiger partial charge on any atom is 0.257 e. The summed E-state index contributed by atoms with van der Waals surface area (Å²) in [6, 6.07) is 4.07. The zero-order chi connectivity index (χ0) is 15.7. The summed E-state index contributed by atoms with van der Waals surface area (Å²) in [5.74, 6) is 0.727. The topological polar surface area (TPSA) is 58.6 Å². The molecule has 0 radical (unpaired) electrons. The predicted octanol–water partition coefficient (Wildman–Crippen LogP) is 2.66. The van der Waals surface area contributed by atoms with Gasteiger partial charge in [0.1, 0.15) is 5.75 Å². The second kappa shape index (κ2) is 9.40. The Morgan fingerprint density at radius 3 is 2.48 bits per heavy atom. The van der Waals surface area contributed by atoms with Crippen LogP contribution in [0.15, 0.2) is 12.1 Å². The first-order valence-electron chi connectivity index (χ1n) is 7.63. The van der Waals surface area contributed by atoms with Gasteiger partial charge in [-0.05, 0) is 50.3 Å². The van der Waals surface area contributed by atoms with E-state index in [4.69, 9.17) is 9.84 Å². The Hall–Kier alpha value is -1.55. The van der Waals surface area contributed by atoms with E-state index < -0.39 is 0 Å². The summed E-state index contributed by atoms with van der Waals surface area (Å²) < 4.78 is 5.66. The van der Waals surface area contributed by atoms with E-state index in [0.717, 1.165) is 42.6 Å². The molecule has 0 fully saturated rings. The van der Waals surface area contributed by atoms with Crippen LogP contribution in [0.25, 0.3) is 0 Å². The fourth-order valence-electron chi connectivity index (χ4n) is 2.15. The van der Waals surface area contributed by atoms with Crippen molar-refractivity contribution in [3.8, 4) is 5.75 Å². The molecule has 0 saturated carbocycles. The molecule has 4 heteroatoms. The monoisotopic (exact) mass is 293 g/mol. The number of nitrogens with one attached hydrogen (secondary N) is 1. The zero-order valence-electron chi connectivity index (χ0n) is 13.4. The number of aliphatic hydroxyl groups excluding tert-OH is 1. The average Bonchev–Trinajstić information content (AvgIpc) is 2.47. The van der Waals surface area contributed by atoms with Crippen molar-refractivity contribution in [2.24, 2.45) is 0 Å². The number of hydrogen-bond donors (Lipinski definition) is 2. The molecule has 1 aromatic carbocycles. The Morgan fingerprint density at radius 2 is 1.76 bits per heavy atom. The molecule has 0 spiro atoms. The van der Waals surface area contributed by atoms with Crippen LogP contribution in [-0.4, -0.2) is 30.8 Å². The lowest BCUT2D eigenvalue weighted by atomic mass is 10.1. The second-order valence-corrected chi connectivity index (χ2v) is 5.43. The van der Waals surface area contributed by atoms with E-state index >= 15 is 0 Å². The van der Waals surface area contributed by atoms with Gasteiger partial charge >= 0.3 is 0 Å². The maximum atomic E-state index is 11.7. The first-order valence-corrected chi connectivity index (χ1v) is 7.63. The van der Waals surface area contributed by atoms with Gasteiger partial charge in [-0.3, -0.25) is 4.79 Å². The minimum atomic E-state index is -0.0857. The van der Waals surface area contributed by atoms with Gasteiger partial charge in [0.2, 0.25) is 0 Å².